The molecule has 2 heterocycles. The second-order valence-electron chi connectivity index (χ2n) is 5.44. The Labute approximate surface area is 172 Å². The van der Waals surface area contributed by atoms with Crippen molar-refractivity contribution in [2.75, 3.05) is 19.7 Å². The van der Waals surface area contributed by atoms with Crippen LogP contribution < -0.4 is 10.1 Å². The van der Waals surface area contributed by atoms with Crippen molar-refractivity contribution in [3.05, 3.63) is 56.0 Å². The molecule has 0 unspecified atom stereocenters. The van der Waals surface area contributed by atoms with Gasteiger partial charge in [-0.1, -0.05) is 28.1 Å². The topological polar surface area (TPSA) is 75.7 Å². The maximum absolute atomic E-state index is 12.3. The van der Waals surface area contributed by atoms with E-state index in [0.717, 1.165) is 26.0 Å². The summed E-state index contributed by atoms with van der Waals surface area (Å²) in [6, 6.07) is 10.9. The average Bonchev–Trinajstić information content (AvgIpc) is 3.24. The molecule has 0 atom stereocenters. The van der Waals surface area contributed by atoms with Gasteiger partial charge in [0.05, 0.1) is 4.91 Å². The van der Waals surface area contributed by atoms with Gasteiger partial charge < -0.3 is 10.1 Å². The number of thiophene rings is 1. The first-order valence-electron chi connectivity index (χ1n) is 7.97. The number of hydrogen-bond acceptors (Lipinski definition) is 6. The quantitative estimate of drug-likeness (QED) is 0.628. The van der Waals surface area contributed by atoms with Crippen molar-refractivity contribution in [2.45, 2.75) is 0 Å². The number of carbonyl (C=O) groups is 3. The molecule has 0 radical (unpaired) electrons. The van der Waals surface area contributed by atoms with E-state index in [4.69, 9.17) is 4.74 Å². The molecule has 0 saturated carbocycles. The molecule has 3 amide bonds. The lowest BCUT2D eigenvalue weighted by Crippen LogP contribution is -2.38. The Kier molecular flexibility index (Phi) is 6.70. The molecule has 9 heteroatoms. The predicted octanol–water partition coefficient (Wildman–Crippen LogP) is 3.74. The predicted molar refractivity (Wildman–Crippen MR) is 110 cm³/mol. The summed E-state index contributed by atoms with van der Waals surface area (Å²) in [6.07, 6.45) is 1.71. The van der Waals surface area contributed by atoms with Crippen molar-refractivity contribution in [2.24, 2.45) is 0 Å². The second-order valence-corrected chi connectivity index (χ2v) is 8.33. The van der Waals surface area contributed by atoms with Crippen molar-refractivity contribution < 1.29 is 19.1 Å². The van der Waals surface area contributed by atoms with Crippen LogP contribution in [-0.2, 0) is 9.59 Å². The molecule has 1 N–H and O–H groups in total. The number of ether oxygens (including phenoxy) is 1. The van der Waals surface area contributed by atoms with Crippen LogP contribution in [0.3, 0.4) is 0 Å². The molecule has 1 saturated heterocycles. The monoisotopic (exact) mass is 466 g/mol. The first kappa shape index (κ1) is 19.7. The Morgan fingerprint density at radius 3 is 2.85 bits per heavy atom. The molecule has 1 aromatic heterocycles. The minimum absolute atomic E-state index is 0.120. The fourth-order valence-electron chi connectivity index (χ4n) is 2.26. The lowest BCUT2D eigenvalue weighted by atomic mass is 10.3. The van der Waals surface area contributed by atoms with E-state index in [1.165, 1.54) is 11.3 Å². The van der Waals surface area contributed by atoms with Gasteiger partial charge in [-0.05, 0) is 47.5 Å². The lowest BCUT2D eigenvalue weighted by Gasteiger charge is -2.13. The van der Waals surface area contributed by atoms with E-state index < -0.39 is 0 Å². The average molecular weight is 467 g/mol. The number of hydrogen-bond donors (Lipinski definition) is 1. The van der Waals surface area contributed by atoms with E-state index in [0.29, 0.717) is 10.7 Å². The lowest BCUT2D eigenvalue weighted by molar-refractivity contribution is -0.125. The van der Waals surface area contributed by atoms with Crippen molar-refractivity contribution >= 4 is 62.2 Å². The van der Waals surface area contributed by atoms with Gasteiger partial charge >= 0.3 is 0 Å². The highest BCUT2D eigenvalue weighted by atomic mass is 79.9. The number of thioether (sulfide) groups is 1. The van der Waals surface area contributed by atoms with Crippen molar-refractivity contribution in [3.63, 3.8) is 0 Å². The van der Waals surface area contributed by atoms with Gasteiger partial charge in [0.15, 0.2) is 6.61 Å². The van der Waals surface area contributed by atoms with Gasteiger partial charge in [-0.2, -0.15) is 0 Å². The molecule has 1 aliphatic heterocycles. The highest BCUT2D eigenvalue weighted by Crippen LogP contribution is 2.32. The van der Waals surface area contributed by atoms with Gasteiger partial charge in [-0.25, -0.2) is 0 Å². The number of rotatable bonds is 7. The Morgan fingerprint density at radius 1 is 1.26 bits per heavy atom. The van der Waals surface area contributed by atoms with E-state index in [-0.39, 0.29) is 36.7 Å². The number of benzene rings is 1. The van der Waals surface area contributed by atoms with Crippen LogP contribution in [-0.4, -0.2) is 41.6 Å². The minimum Gasteiger partial charge on any atom is -0.484 e. The zero-order chi connectivity index (χ0) is 19.2. The maximum atomic E-state index is 12.3. The molecule has 2 aromatic rings. The van der Waals surface area contributed by atoms with E-state index in [1.807, 2.05) is 23.6 Å². The number of carbonyl (C=O) groups excluding carboxylic acids is 3. The van der Waals surface area contributed by atoms with E-state index in [1.54, 1.807) is 24.3 Å². The van der Waals surface area contributed by atoms with Crippen LogP contribution in [0, 0.1) is 0 Å². The third kappa shape index (κ3) is 5.44. The molecule has 27 heavy (non-hydrogen) atoms. The van der Waals surface area contributed by atoms with E-state index in [9.17, 15) is 14.4 Å². The number of halogens is 1. The Hall–Kier alpha value is -2.10. The molecule has 1 fully saturated rings. The van der Waals surface area contributed by atoms with Crippen molar-refractivity contribution in [1.29, 1.82) is 0 Å². The summed E-state index contributed by atoms with van der Waals surface area (Å²) in [5, 5.41) is 4.22. The third-order valence-corrected chi connectivity index (χ3v) is 5.73. The smallest absolute Gasteiger partial charge is 0.293 e. The van der Waals surface area contributed by atoms with Gasteiger partial charge in [0, 0.05) is 22.4 Å². The summed E-state index contributed by atoms with van der Waals surface area (Å²) in [7, 11) is 0. The number of imide groups is 1. The van der Waals surface area contributed by atoms with Crippen LogP contribution in [0.5, 0.6) is 5.75 Å². The summed E-state index contributed by atoms with van der Waals surface area (Å²) < 4.78 is 6.24. The van der Waals surface area contributed by atoms with Gasteiger partial charge in [0.1, 0.15) is 5.75 Å². The highest BCUT2D eigenvalue weighted by Gasteiger charge is 2.34. The SMILES string of the molecule is O=C(COc1cccc(Br)c1)NCCN1C(=O)S/C(=C\c2cccs2)C1=O. The van der Waals surface area contributed by atoms with Crippen molar-refractivity contribution in [3.8, 4) is 5.75 Å². The summed E-state index contributed by atoms with van der Waals surface area (Å²) >= 11 is 5.73. The highest BCUT2D eigenvalue weighted by molar-refractivity contribution is 9.10. The summed E-state index contributed by atoms with van der Waals surface area (Å²) in [4.78, 5) is 38.7. The molecular formula is C18H15BrN2O4S2. The second kappa shape index (κ2) is 9.20. The first-order valence-corrected chi connectivity index (χ1v) is 10.5. The molecule has 6 nitrogen and oxygen atoms in total. The number of nitrogens with one attached hydrogen (secondary N) is 1. The summed E-state index contributed by atoms with van der Waals surface area (Å²) in [6.45, 7) is 0.150. The molecule has 140 valence electrons. The molecule has 3 rings (SSSR count). The molecule has 1 aliphatic rings. The van der Waals surface area contributed by atoms with Crippen LogP contribution >= 0.6 is 39.0 Å². The van der Waals surface area contributed by atoms with Crippen LogP contribution in [0.1, 0.15) is 4.88 Å². The summed E-state index contributed by atoms with van der Waals surface area (Å²) in [5.41, 5.74) is 0. The minimum atomic E-state index is -0.335. The van der Waals surface area contributed by atoms with E-state index in [2.05, 4.69) is 21.2 Å². The van der Waals surface area contributed by atoms with Gasteiger partial charge in [-0.15, -0.1) is 11.3 Å². The first-order chi connectivity index (χ1) is 13.0. The van der Waals surface area contributed by atoms with Gasteiger partial charge in [0.25, 0.3) is 17.1 Å². The Morgan fingerprint density at radius 2 is 2.11 bits per heavy atom. The normalized spacial score (nSPS) is 15.4. The molecule has 0 spiro atoms. The van der Waals surface area contributed by atoms with Gasteiger partial charge in [-0.3, -0.25) is 19.3 Å². The zero-order valence-electron chi connectivity index (χ0n) is 14.0. The zero-order valence-corrected chi connectivity index (χ0v) is 17.2. The number of nitrogens with zero attached hydrogens (tertiary/aromatic N) is 1. The maximum Gasteiger partial charge on any atom is 0.293 e. The van der Waals surface area contributed by atoms with E-state index >= 15 is 0 Å². The molecular weight excluding hydrogens is 452 g/mol. The third-order valence-electron chi connectivity index (χ3n) is 3.51. The molecule has 0 bridgehead atoms. The molecule has 1 aromatic carbocycles. The largest absolute Gasteiger partial charge is 0.484 e. The molecule has 0 aliphatic carbocycles. The number of amides is 3. The Bertz CT molecular complexity index is 883. The fourth-order valence-corrected chi connectivity index (χ4v) is 4.23. The van der Waals surface area contributed by atoms with Crippen LogP contribution in [0.4, 0.5) is 4.79 Å². The summed E-state index contributed by atoms with van der Waals surface area (Å²) in [5.74, 6) is -0.0849. The van der Waals surface area contributed by atoms with Crippen LogP contribution in [0.2, 0.25) is 0 Å². The van der Waals surface area contributed by atoms with Crippen molar-refractivity contribution in [1.82, 2.24) is 10.2 Å². The van der Waals surface area contributed by atoms with Crippen LogP contribution in [0.25, 0.3) is 6.08 Å². The Balaban J connectivity index is 1.45. The van der Waals surface area contributed by atoms with Gasteiger partial charge in [0.2, 0.25) is 0 Å². The fraction of sp³-hybridized carbons (Fsp3) is 0.167. The van der Waals surface area contributed by atoms with Crippen LogP contribution in [0.15, 0.2) is 51.2 Å². The standard InChI is InChI=1S/C18H15BrN2O4S2/c19-12-3-1-4-13(9-12)25-11-16(22)20-6-7-21-17(23)15(27-18(21)24)10-14-5-2-8-26-14/h1-5,8-10H,6-7,11H2,(H,20,22)/b15-10-.